The van der Waals surface area contributed by atoms with Gasteiger partial charge in [0.2, 0.25) is 5.82 Å². The summed E-state index contributed by atoms with van der Waals surface area (Å²) in [5.41, 5.74) is 1.13. The molecule has 1 spiro atoms. The molecule has 0 unspecified atom stereocenters. The van der Waals surface area contributed by atoms with Crippen molar-refractivity contribution in [2.24, 2.45) is 5.41 Å². The summed E-state index contributed by atoms with van der Waals surface area (Å²) >= 11 is 0. The highest BCUT2D eigenvalue weighted by Gasteiger charge is 2.48. The Morgan fingerprint density at radius 3 is 2.32 bits per heavy atom. The van der Waals surface area contributed by atoms with Crippen LogP contribution in [0.25, 0.3) is 0 Å². The monoisotopic (exact) mass is 373 g/mol. The summed E-state index contributed by atoms with van der Waals surface area (Å²) < 4.78 is 49.1. The molecule has 0 atom stereocenters. The molecule has 1 saturated carbocycles. The standard InChI is InChI=1S/C17H22F3N3OS/c18-17(19,20)15-21-7-13(8-22-15)12-1-3-14(4-2-12)23-6-5-16(9-23)10-25(24)11-16/h7-8,12,14H,1-6,9-11H2. The Balaban J connectivity index is 1.32. The second-order valence-electron chi connectivity index (χ2n) is 7.79. The van der Waals surface area contributed by atoms with Gasteiger partial charge in [-0.05, 0) is 50.1 Å². The molecule has 2 aliphatic heterocycles. The van der Waals surface area contributed by atoms with Crippen molar-refractivity contribution in [3.63, 3.8) is 0 Å². The molecule has 3 heterocycles. The summed E-state index contributed by atoms with van der Waals surface area (Å²) in [6, 6.07) is 0.556. The van der Waals surface area contributed by atoms with E-state index in [2.05, 4.69) is 14.9 Å². The van der Waals surface area contributed by atoms with Crippen LogP contribution in [-0.4, -0.2) is 49.7 Å². The summed E-state index contributed by atoms with van der Waals surface area (Å²) in [4.78, 5) is 9.53. The van der Waals surface area contributed by atoms with Gasteiger partial charge in [-0.25, -0.2) is 9.97 Å². The van der Waals surface area contributed by atoms with Crippen molar-refractivity contribution in [3.05, 3.63) is 23.8 Å². The first-order valence-corrected chi connectivity index (χ1v) is 10.3. The van der Waals surface area contributed by atoms with Gasteiger partial charge in [0.15, 0.2) is 0 Å². The summed E-state index contributed by atoms with van der Waals surface area (Å²) in [6.07, 6.45) is 3.42. The largest absolute Gasteiger partial charge is 0.451 e. The van der Waals surface area contributed by atoms with Crippen LogP contribution in [0.2, 0.25) is 0 Å². The van der Waals surface area contributed by atoms with Crippen LogP contribution in [-0.2, 0) is 17.0 Å². The summed E-state index contributed by atoms with van der Waals surface area (Å²) in [5, 5.41) is 0. The predicted octanol–water partition coefficient (Wildman–Crippen LogP) is 2.98. The van der Waals surface area contributed by atoms with Gasteiger partial charge in [0, 0.05) is 52.7 Å². The van der Waals surface area contributed by atoms with Crippen molar-refractivity contribution < 1.29 is 17.4 Å². The molecule has 0 N–H and O–H groups in total. The van der Waals surface area contributed by atoms with Gasteiger partial charge in [-0.2, -0.15) is 13.2 Å². The SMILES string of the molecule is O=S1CC2(CCN(C3CCC(c4cnc(C(F)(F)F)nc4)CC3)C2)C1. The average molecular weight is 373 g/mol. The fraction of sp³-hybridized carbons (Fsp3) is 0.765. The van der Waals surface area contributed by atoms with E-state index in [-0.39, 0.29) is 5.92 Å². The van der Waals surface area contributed by atoms with Crippen molar-refractivity contribution in [2.45, 2.75) is 50.2 Å². The van der Waals surface area contributed by atoms with Crippen molar-refractivity contribution >= 4 is 10.8 Å². The Kier molecular flexibility index (Phi) is 4.38. The molecule has 0 radical (unpaired) electrons. The summed E-state index contributed by atoms with van der Waals surface area (Å²) in [7, 11) is -0.601. The molecule has 1 aromatic heterocycles. The van der Waals surface area contributed by atoms with E-state index < -0.39 is 22.8 Å². The molecule has 0 amide bonds. The third-order valence-electron chi connectivity index (χ3n) is 6.01. The van der Waals surface area contributed by atoms with Crippen molar-refractivity contribution in [1.29, 1.82) is 0 Å². The normalized spacial score (nSPS) is 36.5. The van der Waals surface area contributed by atoms with Gasteiger partial charge in [0.25, 0.3) is 0 Å². The van der Waals surface area contributed by atoms with Crippen LogP contribution in [0.15, 0.2) is 12.4 Å². The van der Waals surface area contributed by atoms with Crippen LogP contribution in [0.1, 0.15) is 49.4 Å². The average Bonchev–Trinajstić information content (AvgIpc) is 2.99. The highest BCUT2D eigenvalue weighted by atomic mass is 32.2. The van der Waals surface area contributed by atoms with E-state index in [0.29, 0.717) is 11.5 Å². The number of halogens is 3. The topological polar surface area (TPSA) is 46.1 Å². The van der Waals surface area contributed by atoms with Gasteiger partial charge >= 0.3 is 6.18 Å². The number of hydrogen-bond donors (Lipinski definition) is 0. The zero-order valence-electron chi connectivity index (χ0n) is 14.0. The lowest BCUT2D eigenvalue weighted by Gasteiger charge is -2.39. The van der Waals surface area contributed by atoms with E-state index in [9.17, 15) is 17.4 Å². The third-order valence-corrected chi connectivity index (χ3v) is 7.88. The molecule has 4 nitrogen and oxygen atoms in total. The molecule has 3 aliphatic rings. The first-order chi connectivity index (χ1) is 11.8. The lowest BCUT2D eigenvalue weighted by Crippen LogP contribution is -2.48. The number of likely N-dealkylation sites (tertiary alicyclic amines) is 1. The van der Waals surface area contributed by atoms with Crippen LogP contribution >= 0.6 is 0 Å². The maximum Gasteiger partial charge on any atom is 0.451 e. The van der Waals surface area contributed by atoms with E-state index in [0.717, 1.165) is 62.3 Å². The van der Waals surface area contributed by atoms with E-state index >= 15 is 0 Å². The fourth-order valence-corrected chi connectivity index (χ4v) is 6.38. The van der Waals surface area contributed by atoms with Crippen molar-refractivity contribution in [3.8, 4) is 0 Å². The molecular formula is C17H22F3N3OS. The Bertz CT molecular complexity index is 648. The van der Waals surface area contributed by atoms with Gasteiger partial charge in [-0.1, -0.05) is 0 Å². The van der Waals surface area contributed by atoms with Crippen LogP contribution < -0.4 is 0 Å². The molecule has 0 aromatic carbocycles. The Morgan fingerprint density at radius 2 is 1.76 bits per heavy atom. The zero-order chi connectivity index (χ0) is 17.7. The predicted molar refractivity (Wildman–Crippen MR) is 88.5 cm³/mol. The Morgan fingerprint density at radius 1 is 1.12 bits per heavy atom. The number of alkyl halides is 3. The molecule has 0 bridgehead atoms. The molecule has 25 heavy (non-hydrogen) atoms. The van der Waals surface area contributed by atoms with Gasteiger partial charge in [0.05, 0.1) is 0 Å². The molecule has 8 heteroatoms. The van der Waals surface area contributed by atoms with Crippen LogP contribution in [0.5, 0.6) is 0 Å². The van der Waals surface area contributed by atoms with E-state index in [1.165, 1.54) is 12.4 Å². The summed E-state index contributed by atoms with van der Waals surface area (Å²) in [5.74, 6) is 0.917. The van der Waals surface area contributed by atoms with Gasteiger partial charge in [-0.15, -0.1) is 0 Å². The van der Waals surface area contributed by atoms with E-state index in [1.54, 1.807) is 0 Å². The van der Waals surface area contributed by atoms with Gasteiger partial charge in [0.1, 0.15) is 0 Å². The maximum atomic E-state index is 12.6. The molecular weight excluding hydrogens is 351 g/mol. The van der Waals surface area contributed by atoms with Crippen LogP contribution in [0.3, 0.4) is 0 Å². The molecule has 2 saturated heterocycles. The Hall–Kier alpha value is -1.02. The molecule has 1 aromatic rings. The first-order valence-electron chi connectivity index (χ1n) is 8.83. The van der Waals surface area contributed by atoms with Crippen LogP contribution in [0, 0.1) is 5.41 Å². The maximum absolute atomic E-state index is 12.6. The minimum atomic E-state index is -4.48. The highest BCUT2D eigenvalue weighted by Crippen LogP contribution is 2.43. The second-order valence-corrected chi connectivity index (χ2v) is 9.25. The van der Waals surface area contributed by atoms with Crippen LogP contribution in [0.4, 0.5) is 13.2 Å². The molecule has 138 valence electrons. The smallest absolute Gasteiger partial charge is 0.300 e. The number of hydrogen-bond acceptors (Lipinski definition) is 4. The third kappa shape index (κ3) is 3.47. The van der Waals surface area contributed by atoms with Gasteiger partial charge in [-0.3, -0.25) is 9.11 Å². The molecule has 4 rings (SSSR count). The molecule has 1 aliphatic carbocycles. The highest BCUT2D eigenvalue weighted by molar-refractivity contribution is 7.86. The molecule has 3 fully saturated rings. The fourth-order valence-electron chi connectivity index (χ4n) is 4.63. The number of rotatable bonds is 2. The lowest BCUT2D eigenvalue weighted by molar-refractivity contribution is -0.145. The Labute approximate surface area is 147 Å². The zero-order valence-corrected chi connectivity index (χ0v) is 14.8. The first kappa shape index (κ1) is 17.4. The van der Waals surface area contributed by atoms with Gasteiger partial charge < -0.3 is 0 Å². The minimum Gasteiger partial charge on any atom is -0.300 e. The number of aromatic nitrogens is 2. The quantitative estimate of drug-likeness (QED) is 0.800. The lowest BCUT2D eigenvalue weighted by atomic mass is 9.82. The second kappa shape index (κ2) is 6.30. The number of nitrogens with zero attached hydrogens (tertiary/aromatic N) is 3. The van der Waals surface area contributed by atoms with E-state index in [1.807, 2.05) is 0 Å². The van der Waals surface area contributed by atoms with Crippen molar-refractivity contribution in [1.82, 2.24) is 14.9 Å². The van der Waals surface area contributed by atoms with Crippen molar-refractivity contribution in [2.75, 3.05) is 24.6 Å². The van der Waals surface area contributed by atoms with E-state index in [4.69, 9.17) is 0 Å². The summed E-state index contributed by atoms with van der Waals surface area (Å²) in [6.45, 7) is 2.16. The minimum absolute atomic E-state index is 0.256.